The Morgan fingerprint density at radius 3 is 2.61 bits per heavy atom. The van der Waals surface area contributed by atoms with Gasteiger partial charge in [-0.3, -0.25) is 9.69 Å². The molecular formula is C21H21N5O2. The van der Waals surface area contributed by atoms with Gasteiger partial charge in [0.1, 0.15) is 5.82 Å². The molecule has 0 aliphatic rings. The number of rotatable bonds is 6. The molecule has 7 heteroatoms. The molecule has 0 spiro atoms. The van der Waals surface area contributed by atoms with Crippen molar-refractivity contribution in [3.63, 3.8) is 0 Å². The summed E-state index contributed by atoms with van der Waals surface area (Å²) in [6, 6.07) is 15.3. The summed E-state index contributed by atoms with van der Waals surface area (Å²) >= 11 is 0. The summed E-state index contributed by atoms with van der Waals surface area (Å²) in [4.78, 5) is 21.8. The lowest BCUT2D eigenvalue weighted by molar-refractivity contribution is 0.238. The van der Waals surface area contributed by atoms with Gasteiger partial charge in [-0.05, 0) is 37.7 Å². The molecule has 2 heterocycles. The summed E-state index contributed by atoms with van der Waals surface area (Å²) in [6.45, 7) is 5.78. The third-order valence-corrected chi connectivity index (χ3v) is 4.61. The summed E-state index contributed by atoms with van der Waals surface area (Å²) in [7, 11) is 0. The van der Waals surface area contributed by atoms with Crippen molar-refractivity contribution < 1.29 is 4.42 Å². The number of fused-ring (bicyclic) bond motifs is 1. The SMILES string of the molecule is CCN(Cc1nc2ccccc2c(=O)[nH]1)Cc1nnc(-c2ccc(C)cc2)o1. The highest BCUT2D eigenvalue weighted by atomic mass is 16.4. The van der Waals surface area contributed by atoms with Crippen LogP contribution in [0.2, 0.25) is 0 Å². The number of nitrogens with zero attached hydrogens (tertiary/aromatic N) is 4. The molecule has 0 saturated carbocycles. The highest BCUT2D eigenvalue weighted by Crippen LogP contribution is 2.19. The molecule has 28 heavy (non-hydrogen) atoms. The molecule has 0 aliphatic carbocycles. The van der Waals surface area contributed by atoms with E-state index >= 15 is 0 Å². The zero-order chi connectivity index (χ0) is 19.5. The zero-order valence-corrected chi connectivity index (χ0v) is 15.8. The number of aromatic amines is 1. The van der Waals surface area contributed by atoms with Crippen LogP contribution in [0.4, 0.5) is 0 Å². The van der Waals surface area contributed by atoms with E-state index in [1.54, 1.807) is 6.07 Å². The fourth-order valence-corrected chi connectivity index (χ4v) is 3.02. The Morgan fingerprint density at radius 1 is 1.04 bits per heavy atom. The summed E-state index contributed by atoms with van der Waals surface area (Å²) in [5.74, 6) is 1.65. The first kappa shape index (κ1) is 18.1. The van der Waals surface area contributed by atoms with Gasteiger partial charge in [-0.2, -0.15) is 0 Å². The van der Waals surface area contributed by atoms with E-state index in [-0.39, 0.29) is 5.56 Å². The van der Waals surface area contributed by atoms with E-state index in [0.29, 0.717) is 41.6 Å². The molecule has 7 nitrogen and oxygen atoms in total. The Labute approximate surface area is 162 Å². The monoisotopic (exact) mass is 375 g/mol. The second kappa shape index (κ2) is 7.74. The number of H-pyrrole nitrogens is 1. The lowest BCUT2D eigenvalue weighted by Crippen LogP contribution is -2.25. The largest absolute Gasteiger partial charge is 0.419 e. The van der Waals surface area contributed by atoms with Crippen LogP contribution in [0.15, 0.2) is 57.7 Å². The molecule has 1 N–H and O–H groups in total. The first-order chi connectivity index (χ1) is 13.6. The van der Waals surface area contributed by atoms with Crippen molar-refractivity contribution in [2.45, 2.75) is 26.9 Å². The van der Waals surface area contributed by atoms with Gasteiger partial charge in [0.2, 0.25) is 11.8 Å². The zero-order valence-electron chi connectivity index (χ0n) is 15.8. The molecule has 2 aromatic heterocycles. The number of hydrogen-bond acceptors (Lipinski definition) is 6. The van der Waals surface area contributed by atoms with E-state index < -0.39 is 0 Å². The first-order valence-electron chi connectivity index (χ1n) is 9.22. The van der Waals surface area contributed by atoms with Crippen LogP contribution in [0.3, 0.4) is 0 Å². The minimum absolute atomic E-state index is 0.129. The highest BCUT2D eigenvalue weighted by molar-refractivity contribution is 5.77. The molecule has 142 valence electrons. The summed E-state index contributed by atoms with van der Waals surface area (Å²) in [5.41, 5.74) is 2.64. The molecule has 0 atom stereocenters. The van der Waals surface area contributed by atoms with E-state index in [1.807, 2.05) is 56.3 Å². The van der Waals surface area contributed by atoms with E-state index in [2.05, 4.69) is 25.1 Å². The molecule has 0 unspecified atom stereocenters. The average Bonchev–Trinajstić information content (AvgIpc) is 3.16. The van der Waals surface area contributed by atoms with Crippen molar-refractivity contribution in [1.82, 2.24) is 25.1 Å². The molecule has 0 saturated heterocycles. The predicted octanol–water partition coefficient (Wildman–Crippen LogP) is 3.30. The third kappa shape index (κ3) is 3.84. The van der Waals surface area contributed by atoms with Crippen molar-refractivity contribution in [2.24, 2.45) is 0 Å². The summed E-state index contributed by atoms with van der Waals surface area (Å²) in [6.07, 6.45) is 0. The molecule has 0 fully saturated rings. The number of hydrogen-bond donors (Lipinski definition) is 1. The minimum Gasteiger partial charge on any atom is -0.419 e. The Morgan fingerprint density at radius 2 is 1.82 bits per heavy atom. The molecule has 0 bridgehead atoms. The summed E-state index contributed by atoms with van der Waals surface area (Å²) < 4.78 is 5.82. The van der Waals surface area contributed by atoms with Crippen molar-refractivity contribution in [3.8, 4) is 11.5 Å². The molecule has 0 radical (unpaired) electrons. The first-order valence-corrected chi connectivity index (χ1v) is 9.22. The van der Waals surface area contributed by atoms with E-state index in [0.717, 1.165) is 12.1 Å². The molecule has 4 rings (SSSR count). The van der Waals surface area contributed by atoms with Gasteiger partial charge in [0.05, 0.1) is 24.0 Å². The number of nitrogens with one attached hydrogen (secondary N) is 1. The number of aryl methyl sites for hydroxylation is 1. The maximum Gasteiger partial charge on any atom is 0.258 e. The van der Waals surface area contributed by atoms with Crippen LogP contribution >= 0.6 is 0 Å². The minimum atomic E-state index is -0.129. The maximum absolute atomic E-state index is 12.3. The quantitative estimate of drug-likeness (QED) is 0.556. The standard InChI is InChI=1S/C21H21N5O2/c1-3-26(12-18-22-17-7-5-4-6-16(17)20(27)23-18)13-19-24-25-21(28-19)15-10-8-14(2)9-11-15/h4-11H,3,12-13H2,1-2H3,(H,22,23,27). The van der Waals surface area contributed by atoms with Crippen LogP contribution in [-0.2, 0) is 13.1 Å². The molecule has 0 aliphatic heterocycles. The second-order valence-electron chi connectivity index (χ2n) is 6.70. The lowest BCUT2D eigenvalue weighted by atomic mass is 10.1. The smallest absolute Gasteiger partial charge is 0.258 e. The van der Waals surface area contributed by atoms with E-state index in [4.69, 9.17) is 4.42 Å². The maximum atomic E-state index is 12.3. The van der Waals surface area contributed by atoms with Crippen molar-refractivity contribution in [3.05, 3.63) is 76.2 Å². The molecule has 0 amide bonds. The Balaban J connectivity index is 1.51. The Bertz CT molecular complexity index is 1150. The normalized spacial score (nSPS) is 11.4. The van der Waals surface area contributed by atoms with Gasteiger partial charge in [0, 0.05) is 5.56 Å². The van der Waals surface area contributed by atoms with E-state index in [1.165, 1.54) is 5.56 Å². The van der Waals surface area contributed by atoms with Gasteiger partial charge in [0.25, 0.3) is 5.56 Å². The molecular weight excluding hydrogens is 354 g/mol. The summed E-state index contributed by atoms with van der Waals surface area (Å²) in [5, 5.41) is 8.90. The topological polar surface area (TPSA) is 87.9 Å². The predicted molar refractivity (Wildman–Crippen MR) is 107 cm³/mol. The van der Waals surface area contributed by atoms with Crippen LogP contribution in [0.5, 0.6) is 0 Å². The van der Waals surface area contributed by atoms with Crippen LogP contribution in [0.1, 0.15) is 24.2 Å². The number of aromatic nitrogens is 4. The molecule has 2 aromatic carbocycles. The van der Waals surface area contributed by atoms with Gasteiger partial charge >= 0.3 is 0 Å². The fourth-order valence-electron chi connectivity index (χ4n) is 3.02. The number of benzene rings is 2. The van der Waals surface area contributed by atoms with Crippen LogP contribution in [0.25, 0.3) is 22.4 Å². The Hall–Kier alpha value is -3.32. The molecule has 4 aromatic rings. The van der Waals surface area contributed by atoms with Crippen LogP contribution < -0.4 is 5.56 Å². The van der Waals surface area contributed by atoms with Crippen molar-refractivity contribution in [1.29, 1.82) is 0 Å². The van der Waals surface area contributed by atoms with Crippen LogP contribution in [-0.4, -0.2) is 31.6 Å². The van der Waals surface area contributed by atoms with Crippen LogP contribution in [0, 0.1) is 6.92 Å². The van der Waals surface area contributed by atoms with E-state index in [9.17, 15) is 4.79 Å². The van der Waals surface area contributed by atoms with Crippen molar-refractivity contribution >= 4 is 10.9 Å². The van der Waals surface area contributed by atoms with Gasteiger partial charge in [-0.1, -0.05) is 36.8 Å². The third-order valence-electron chi connectivity index (χ3n) is 4.61. The Kier molecular flexibility index (Phi) is 4.99. The van der Waals surface area contributed by atoms with Crippen molar-refractivity contribution in [2.75, 3.05) is 6.54 Å². The van der Waals surface area contributed by atoms with Gasteiger partial charge in [-0.25, -0.2) is 4.98 Å². The van der Waals surface area contributed by atoms with Gasteiger partial charge in [0.15, 0.2) is 0 Å². The fraction of sp³-hybridized carbons (Fsp3) is 0.238. The number of para-hydroxylation sites is 1. The highest BCUT2D eigenvalue weighted by Gasteiger charge is 2.14. The van der Waals surface area contributed by atoms with Gasteiger partial charge < -0.3 is 9.40 Å². The average molecular weight is 375 g/mol. The van der Waals surface area contributed by atoms with Gasteiger partial charge in [-0.15, -0.1) is 10.2 Å². The second-order valence-corrected chi connectivity index (χ2v) is 6.70. The lowest BCUT2D eigenvalue weighted by Gasteiger charge is -2.17.